The second kappa shape index (κ2) is 9.62. The van der Waals surface area contributed by atoms with Gasteiger partial charge in [0.05, 0.1) is 13.0 Å². The van der Waals surface area contributed by atoms with Crippen LogP contribution in [0.3, 0.4) is 0 Å². The highest BCUT2D eigenvalue weighted by molar-refractivity contribution is 5.69. The molecule has 0 amide bonds. The lowest BCUT2D eigenvalue weighted by molar-refractivity contribution is -0.155. The number of hydrogen-bond acceptors (Lipinski definition) is 3. The van der Waals surface area contributed by atoms with E-state index in [2.05, 4.69) is 51.1 Å². The molecule has 1 aromatic carbocycles. The van der Waals surface area contributed by atoms with Gasteiger partial charge in [0.25, 0.3) is 0 Å². The lowest BCUT2D eigenvalue weighted by atomic mass is 9.82. The summed E-state index contributed by atoms with van der Waals surface area (Å²) in [4.78, 5) is 10.9. The molecule has 0 aliphatic heterocycles. The molecule has 0 fully saturated rings. The van der Waals surface area contributed by atoms with Crippen molar-refractivity contribution in [3.05, 3.63) is 35.9 Å². The molecule has 0 aliphatic carbocycles. The van der Waals surface area contributed by atoms with E-state index in [0.717, 1.165) is 0 Å². The first-order chi connectivity index (χ1) is 10.1. The Kier molecular flexibility index (Phi) is 9.03. The summed E-state index contributed by atoms with van der Waals surface area (Å²) in [6, 6.07) is 10.7. The highest BCUT2D eigenvalue weighted by Crippen LogP contribution is 2.25. The molecule has 0 radical (unpaired) electrons. The van der Waals surface area contributed by atoms with Gasteiger partial charge in [0, 0.05) is 7.11 Å². The summed E-state index contributed by atoms with van der Waals surface area (Å²) >= 11 is 0. The topological polar surface area (TPSA) is 35.5 Å². The molecule has 0 unspecified atom stereocenters. The lowest BCUT2D eigenvalue weighted by Gasteiger charge is -2.22. The van der Waals surface area contributed by atoms with Crippen LogP contribution >= 0.6 is 0 Å². The predicted octanol–water partition coefficient (Wildman–Crippen LogP) is 4.74. The summed E-state index contributed by atoms with van der Waals surface area (Å²) in [5.41, 5.74) is 1.38. The van der Waals surface area contributed by atoms with Crippen LogP contribution in [0.2, 0.25) is 0 Å². The second-order valence-corrected chi connectivity index (χ2v) is 6.93. The number of ether oxygens (including phenoxy) is 2. The van der Waals surface area contributed by atoms with Gasteiger partial charge in [-0.15, -0.1) is 0 Å². The van der Waals surface area contributed by atoms with Gasteiger partial charge in [0.2, 0.25) is 0 Å². The summed E-state index contributed by atoms with van der Waals surface area (Å²) in [6.07, 6.45) is 1.52. The zero-order chi connectivity index (χ0) is 17.2. The van der Waals surface area contributed by atoms with Crippen molar-refractivity contribution in [2.24, 2.45) is 0 Å². The van der Waals surface area contributed by atoms with E-state index in [1.54, 1.807) is 7.11 Å². The van der Waals surface area contributed by atoms with E-state index in [4.69, 9.17) is 9.47 Å². The average Bonchev–Trinajstić information content (AvgIpc) is 2.45. The first-order valence-corrected chi connectivity index (χ1v) is 7.88. The van der Waals surface area contributed by atoms with E-state index in [1.165, 1.54) is 12.0 Å². The maximum absolute atomic E-state index is 10.9. The van der Waals surface area contributed by atoms with Crippen LogP contribution in [-0.4, -0.2) is 25.3 Å². The van der Waals surface area contributed by atoms with Gasteiger partial charge < -0.3 is 9.47 Å². The Morgan fingerprint density at radius 1 is 1.05 bits per heavy atom. The molecule has 126 valence electrons. The summed E-state index contributed by atoms with van der Waals surface area (Å²) in [7, 11) is 1.56. The minimum Gasteiger partial charge on any atom is -0.460 e. The monoisotopic (exact) mass is 308 g/mol. The Hall–Kier alpha value is -1.35. The molecular weight excluding hydrogens is 276 g/mol. The van der Waals surface area contributed by atoms with E-state index in [0.29, 0.717) is 18.4 Å². The van der Waals surface area contributed by atoms with E-state index in [1.807, 2.05) is 20.8 Å². The molecule has 0 heterocycles. The maximum Gasteiger partial charge on any atom is 0.308 e. The SMILES string of the molecule is CCC(C)(C)c1ccccc1.COCCC(=O)OC(C)(C)C. The molecule has 1 aromatic rings. The zero-order valence-electron chi connectivity index (χ0n) is 15.2. The van der Waals surface area contributed by atoms with Gasteiger partial charge in [0.15, 0.2) is 0 Å². The third-order valence-corrected chi connectivity index (χ3v) is 3.37. The van der Waals surface area contributed by atoms with Crippen molar-refractivity contribution in [2.75, 3.05) is 13.7 Å². The summed E-state index contributed by atoms with van der Waals surface area (Å²) in [5.74, 6) is -0.209. The highest BCUT2D eigenvalue weighted by Gasteiger charge is 2.16. The smallest absolute Gasteiger partial charge is 0.308 e. The summed E-state index contributed by atoms with van der Waals surface area (Å²) in [5, 5.41) is 0. The van der Waals surface area contributed by atoms with Gasteiger partial charge in [-0.2, -0.15) is 0 Å². The van der Waals surface area contributed by atoms with Gasteiger partial charge in [-0.1, -0.05) is 51.1 Å². The van der Waals surface area contributed by atoms with Crippen molar-refractivity contribution >= 4 is 5.97 Å². The predicted molar refractivity (Wildman–Crippen MR) is 92.1 cm³/mol. The zero-order valence-corrected chi connectivity index (χ0v) is 15.2. The van der Waals surface area contributed by atoms with Crippen molar-refractivity contribution in [3.8, 4) is 0 Å². The maximum atomic E-state index is 10.9. The normalized spacial score (nSPS) is 11.4. The van der Waals surface area contributed by atoms with Crippen LogP contribution in [0.5, 0.6) is 0 Å². The molecule has 1 rings (SSSR count). The number of hydrogen-bond donors (Lipinski definition) is 0. The van der Waals surface area contributed by atoms with E-state index in [-0.39, 0.29) is 11.6 Å². The summed E-state index contributed by atoms with van der Waals surface area (Å²) in [6.45, 7) is 12.7. The first kappa shape index (κ1) is 20.6. The van der Waals surface area contributed by atoms with Crippen molar-refractivity contribution < 1.29 is 14.3 Å². The number of carbonyl (C=O) groups excluding carboxylic acids is 1. The van der Waals surface area contributed by atoms with Gasteiger partial charge >= 0.3 is 5.97 Å². The Morgan fingerprint density at radius 3 is 2.00 bits per heavy atom. The van der Waals surface area contributed by atoms with Gasteiger partial charge in [-0.3, -0.25) is 4.79 Å². The fourth-order valence-corrected chi connectivity index (χ4v) is 1.67. The first-order valence-electron chi connectivity index (χ1n) is 7.88. The number of benzene rings is 1. The van der Waals surface area contributed by atoms with Gasteiger partial charge in [0.1, 0.15) is 5.60 Å². The van der Waals surface area contributed by atoms with E-state index >= 15 is 0 Å². The Morgan fingerprint density at radius 2 is 1.59 bits per heavy atom. The molecule has 0 aliphatic rings. The molecule has 0 atom stereocenters. The largest absolute Gasteiger partial charge is 0.460 e. The van der Waals surface area contributed by atoms with Gasteiger partial charge in [-0.05, 0) is 38.2 Å². The molecular formula is C19H32O3. The fraction of sp³-hybridized carbons (Fsp3) is 0.632. The molecule has 22 heavy (non-hydrogen) atoms. The minimum absolute atomic E-state index is 0.209. The number of methoxy groups -OCH3 is 1. The van der Waals surface area contributed by atoms with Crippen LogP contribution in [0, 0.1) is 0 Å². The average molecular weight is 308 g/mol. The van der Waals surface area contributed by atoms with Crippen molar-refractivity contribution in [1.29, 1.82) is 0 Å². The standard InChI is InChI=1S/C11H16.C8H16O3/c1-4-11(2,3)10-8-6-5-7-9-10;1-8(2,3)11-7(9)5-6-10-4/h5-9H,4H2,1-3H3;5-6H2,1-4H3. The molecule has 0 N–H and O–H groups in total. The molecule has 0 aromatic heterocycles. The molecule has 0 saturated heterocycles. The van der Waals surface area contributed by atoms with Gasteiger partial charge in [-0.25, -0.2) is 0 Å². The fourth-order valence-electron chi connectivity index (χ4n) is 1.67. The highest BCUT2D eigenvalue weighted by atomic mass is 16.6. The minimum atomic E-state index is -0.384. The van der Waals surface area contributed by atoms with Crippen LogP contribution in [0.25, 0.3) is 0 Å². The third kappa shape index (κ3) is 9.56. The Balaban J connectivity index is 0.000000401. The van der Waals surface area contributed by atoms with Crippen LogP contribution < -0.4 is 0 Å². The summed E-state index contributed by atoms with van der Waals surface area (Å²) < 4.78 is 9.75. The second-order valence-electron chi connectivity index (χ2n) is 6.93. The number of carbonyl (C=O) groups is 1. The van der Waals surface area contributed by atoms with Crippen molar-refractivity contribution in [2.45, 2.75) is 65.4 Å². The van der Waals surface area contributed by atoms with Crippen LogP contribution in [0.4, 0.5) is 0 Å². The molecule has 0 spiro atoms. The van der Waals surface area contributed by atoms with Crippen LogP contribution in [0.1, 0.15) is 59.9 Å². The van der Waals surface area contributed by atoms with Crippen molar-refractivity contribution in [3.63, 3.8) is 0 Å². The van der Waals surface area contributed by atoms with Crippen LogP contribution in [-0.2, 0) is 19.7 Å². The number of esters is 1. The third-order valence-electron chi connectivity index (χ3n) is 3.37. The van der Waals surface area contributed by atoms with E-state index < -0.39 is 0 Å². The molecule has 3 nitrogen and oxygen atoms in total. The quantitative estimate of drug-likeness (QED) is 0.737. The van der Waals surface area contributed by atoms with E-state index in [9.17, 15) is 4.79 Å². The van der Waals surface area contributed by atoms with Crippen LogP contribution in [0.15, 0.2) is 30.3 Å². The lowest BCUT2D eigenvalue weighted by Crippen LogP contribution is -2.24. The number of rotatable bonds is 5. The molecule has 0 bridgehead atoms. The Bertz CT molecular complexity index is 416. The van der Waals surface area contributed by atoms with Crippen molar-refractivity contribution in [1.82, 2.24) is 0 Å². The Labute approximate surface area is 136 Å². The molecule has 3 heteroatoms. The molecule has 0 saturated carbocycles.